The zero-order valence-corrected chi connectivity index (χ0v) is 13.2. The molecule has 0 fully saturated rings. The predicted octanol–water partition coefficient (Wildman–Crippen LogP) is 1.44. The maximum atomic E-state index is 12.0. The Balaban J connectivity index is 3.19. The first-order chi connectivity index (χ1) is 9.96. The number of hydrogen-bond acceptors (Lipinski definition) is 7. The molecule has 7 nitrogen and oxygen atoms in total. The monoisotopic (exact) mass is 315 g/mol. The van der Waals surface area contributed by atoms with Gasteiger partial charge in [-0.15, -0.1) is 11.3 Å². The van der Waals surface area contributed by atoms with Gasteiger partial charge in [-0.05, 0) is 13.3 Å². The summed E-state index contributed by atoms with van der Waals surface area (Å²) in [6.07, 6.45) is 0.778. The van der Waals surface area contributed by atoms with Crippen LogP contribution in [0.3, 0.4) is 0 Å². The number of carbonyl (C=O) groups excluding carboxylic acids is 2. The number of amides is 1. The molecule has 1 amide bonds. The molecule has 0 aromatic carbocycles. The van der Waals surface area contributed by atoms with Crippen molar-refractivity contribution in [1.82, 2.24) is 0 Å². The Hall–Kier alpha value is -1.80. The second-order valence-electron chi connectivity index (χ2n) is 4.34. The molecule has 1 rings (SSSR count). The van der Waals surface area contributed by atoms with E-state index in [-0.39, 0.29) is 28.8 Å². The van der Waals surface area contributed by atoms with E-state index in [9.17, 15) is 9.59 Å². The minimum atomic E-state index is -0.670. The second kappa shape index (κ2) is 7.84. The summed E-state index contributed by atoms with van der Waals surface area (Å²) in [4.78, 5) is 23.6. The lowest BCUT2D eigenvalue weighted by atomic mass is 10.2. The molecule has 0 saturated heterocycles. The van der Waals surface area contributed by atoms with E-state index in [0.29, 0.717) is 11.6 Å². The third-order valence-corrected chi connectivity index (χ3v) is 4.00. The number of ether oxygens (including phenoxy) is 2. The number of hydrogen-bond donors (Lipinski definition) is 3. The van der Waals surface area contributed by atoms with Crippen LogP contribution in [0.4, 0.5) is 10.7 Å². The van der Waals surface area contributed by atoms with Crippen molar-refractivity contribution in [2.75, 3.05) is 31.4 Å². The van der Waals surface area contributed by atoms with Crippen LogP contribution in [0.2, 0.25) is 0 Å². The summed E-state index contributed by atoms with van der Waals surface area (Å²) in [7, 11) is 1.59. The summed E-state index contributed by atoms with van der Waals surface area (Å²) in [5.74, 6) is -1.25. The van der Waals surface area contributed by atoms with Gasteiger partial charge in [-0.1, -0.05) is 6.92 Å². The van der Waals surface area contributed by atoms with Gasteiger partial charge >= 0.3 is 5.97 Å². The van der Waals surface area contributed by atoms with Gasteiger partial charge in [0.2, 0.25) is 0 Å². The normalized spacial score (nSPS) is 12.0. The number of primary amides is 1. The third kappa shape index (κ3) is 4.08. The summed E-state index contributed by atoms with van der Waals surface area (Å²) in [5.41, 5.74) is 11.4. The largest absolute Gasteiger partial charge is 0.462 e. The predicted molar refractivity (Wildman–Crippen MR) is 82.8 cm³/mol. The summed E-state index contributed by atoms with van der Waals surface area (Å²) in [6, 6.07) is -0.0121. The van der Waals surface area contributed by atoms with Crippen LogP contribution in [-0.2, 0) is 9.47 Å². The second-order valence-corrected chi connectivity index (χ2v) is 5.36. The van der Waals surface area contributed by atoms with Crippen LogP contribution in [0, 0.1) is 0 Å². The minimum absolute atomic E-state index is 0.0121. The lowest BCUT2D eigenvalue weighted by Crippen LogP contribution is -2.24. The molecule has 0 aliphatic carbocycles. The zero-order valence-electron chi connectivity index (χ0n) is 12.4. The molecule has 21 heavy (non-hydrogen) atoms. The summed E-state index contributed by atoms with van der Waals surface area (Å²) >= 11 is 1.05. The van der Waals surface area contributed by atoms with E-state index in [1.54, 1.807) is 14.0 Å². The van der Waals surface area contributed by atoms with Crippen LogP contribution >= 0.6 is 11.3 Å². The van der Waals surface area contributed by atoms with E-state index < -0.39 is 11.9 Å². The number of rotatable bonds is 8. The molecule has 8 heteroatoms. The van der Waals surface area contributed by atoms with Gasteiger partial charge in [0.05, 0.1) is 18.9 Å². The Labute approximate surface area is 127 Å². The van der Waals surface area contributed by atoms with Gasteiger partial charge in [-0.2, -0.15) is 0 Å². The quantitative estimate of drug-likeness (QED) is 0.625. The first-order valence-electron chi connectivity index (χ1n) is 6.60. The van der Waals surface area contributed by atoms with Crippen LogP contribution in [0.15, 0.2) is 0 Å². The smallest absolute Gasteiger partial charge is 0.343 e. The number of carbonyl (C=O) groups is 2. The van der Waals surface area contributed by atoms with Crippen molar-refractivity contribution in [3.05, 3.63) is 10.4 Å². The molecule has 1 heterocycles. The van der Waals surface area contributed by atoms with Gasteiger partial charge in [0.25, 0.3) is 5.91 Å². The van der Waals surface area contributed by atoms with E-state index in [0.717, 1.165) is 17.8 Å². The molecule has 0 spiro atoms. The molecule has 0 aliphatic heterocycles. The van der Waals surface area contributed by atoms with Gasteiger partial charge < -0.3 is 26.3 Å². The van der Waals surface area contributed by atoms with Crippen molar-refractivity contribution in [3.63, 3.8) is 0 Å². The molecule has 0 saturated carbocycles. The maximum Gasteiger partial charge on any atom is 0.343 e. The van der Waals surface area contributed by atoms with E-state index in [1.807, 2.05) is 6.92 Å². The number of nitrogens with two attached hydrogens (primary N) is 2. The average molecular weight is 315 g/mol. The third-order valence-electron chi connectivity index (χ3n) is 2.84. The highest BCUT2D eigenvalue weighted by atomic mass is 32.1. The summed E-state index contributed by atoms with van der Waals surface area (Å²) < 4.78 is 10.1. The topological polar surface area (TPSA) is 117 Å². The molecule has 1 atom stereocenters. The van der Waals surface area contributed by atoms with Crippen LogP contribution in [0.1, 0.15) is 40.3 Å². The standard InChI is InChI=1S/C13H21N3O4S/c1-4-7(6-19-3)16-12-8(13(18)20-5-2)9(14)10(21-12)11(15)17/h7,16H,4-6,14H2,1-3H3,(H2,15,17). The first-order valence-corrected chi connectivity index (χ1v) is 7.42. The number of methoxy groups -OCH3 is 1. The number of esters is 1. The van der Waals surface area contributed by atoms with Crippen molar-refractivity contribution in [2.45, 2.75) is 26.3 Å². The van der Waals surface area contributed by atoms with Crippen LogP contribution in [0.25, 0.3) is 0 Å². The fraction of sp³-hybridized carbons (Fsp3) is 0.538. The molecule has 1 aromatic rings. The number of nitrogens with one attached hydrogen (secondary N) is 1. The highest BCUT2D eigenvalue weighted by Crippen LogP contribution is 2.36. The molecule has 0 bridgehead atoms. The molecule has 5 N–H and O–H groups in total. The molecular formula is C13H21N3O4S. The first kappa shape index (κ1) is 17.3. The van der Waals surface area contributed by atoms with E-state index in [1.165, 1.54) is 0 Å². The van der Waals surface area contributed by atoms with Crippen molar-refractivity contribution in [1.29, 1.82) is 0 Å². The molecular weight excluding hydrogens is 294 g/mol. The van der Waals surface area contributed by atoms with Crippen LogP contribution in [0.5, 0.6) is 0 Å². The Morgan fingerprint density at radius 3 is 2.52 bits per heavy atom. The van der Waals surface area contributed by atoms with Crippen LogP contribution in [-0.4, -0.2) is 38.2 Å². The lowest BCUT2D eigenvalue weighted by molar-refractivity contribution is 0.0529. The highest BCUT2D eigenvalue weighted by Gasteiger charge is 2.26. The summed E-state index contributed by atoms with van der Waals surface area (Å²) in [5, 5.41) is 3.63. The SMILES string of the molecule is CCOC(=O)c1c(NC(CC)COC)sc(C(N)=O)c1N. The Morgan fingerprint density at radius 2 is 2.05 bits per heavy atom. The Morgan fingerprint density at radius 1 is 1.38 bits per heavy atom. The molecule has 1 aromatic heterocycles. The van der Waals surface area contributed by atoms with Crippen LogP contribution < -0.4 is 16.8 Å². The van der Waals surface area contributed by atoms with Crippen molar-refractivity contribution in [3.8, 4) is 0 Å². The highest BCUT2D eigenvalue weighted by molar-refractivity contribution is 7.19. The minimum Gasteiger partial charge on any atom is -0.462 e. The maximum absolute atomic E-state index is 12.0. The Bertz CT molecular complexity index is 516. The molecule has 0 radical (unpaired) electrons. The number of thiophene rings is 1. The van der Waals surface area contributed by atoms with Crippen molar-refractivity contribution >= 4 is 33.9 Å². The Kier molecular flexibility index (Phi) is 6.44. The summed E-state index contributed by atoms with van der Waals surface area (Å²) in [6.45, 7) is 4.35. The van der Waals surface area contributed by atoms with Crippen molar-refractivity contribution < 1.29 is 19.1 Å². The number of anilines is 2. The fourth-order valence-corrected chi connectivity index (χ4v) is 2.82. The van der Waals surface area contributed by atoms with Gasteiger partial charge in [0.15, 0.2) is 0 Å². The van der Waals surface area contributed by atoms with Gasteiger partial charge in [-0.3, -0.25) is 4.79 Å². The van der Waals surface area contributed by atoms with Crippen molar-refractivity contribution in [2.24, 2.45) is 5.73 Å². The van der Waals surface area contributed by atoms with E-state index in [2.05, 4.69) is 5.32 Å². The molecule has 1 unspecified atom stereocenters. The van der Waals surface area contributed by atoms with Gasteiger partial charge in [-0.25, -0.2) is 4.79 Å². The average Bonchev–Trinajstić information content (AvgIpc) is 2.75. The fourth-order valence-electron chi connectivity index (χ4n) is 1.78. The van der Waals surface area contributed by atoms with E-state index in [4.69, 9.17) is 20.9 Å². The van der Waals surface area contributed by atoms with E-state index >= 15 is 0 Å². The van der Waals surface area contributed by atoms with Gasteiger partial charge in [0.1, 0.15) is 15.4 Å². The number of nitrogen functional groups attached to an aromatic ring is 1. The van der Waals surface area contributed by atoms with Gasteiger partial charge in [0, 0.05) is 13.2 Å². The molecule has 0 aliphatic rings. The zero-order chi connectivity index (χ0) is 16.0. The lowest BCUT2D eigenvalue weighted by Gasteiger charge is -2.17. The molecule has 118 valence electrons.